The Morgan fingerprint density at radius 2 is 1.58 bits per heavy atom. The maximum atomic E-state index is 13.9. The van der Waals surface area contributed by atoms with Gasteiger partial charge in [-0.25, -0.2) is 19.2 Å². The van der Waals surface area contributed by atoms with Crippen LogP contribution in [0.1, 0.15) is 56.6 Å². The topological polar surface area (TPSA) is 106 Å². The predicted molar refractivity (Wildman–Crippen MR) is 173 cm³/mol. The highest BCUT2D eigenvalue weighted by atomic mass is 35.5. The third-order valence-electron chi connectivity index (χ3n) is 8.11. The van der Waals surface area contributed by atoms with Gasteiger partial charge in [-0.15, -0.1) is 0 Å². The van der Waals surface area contributed by atoms with Crippen molar-refractivity contribution >= 4 is 34.7 Å². The number of amides is 2. The number of nitrogens with one attached hydrogen (secondary N) is 1. The molecular formula is C34H36ClN5O5. The number of rotatable bonds is 5. The lowest BCUT2D eigenvalue weighted by atomic mass is 9.98. The highest BCUT2D eigenvalue weighted by Crippen LogP contribution is 2.44. The third-order valence-corrected chi connectivity index (χ3v) is 8.42. The number of alkyl carbamates (subject to hydrolysis) is 1. The second-order valence-electron chi connectivity index (χ2n) is 12.3. The summed E-state index contributed by atoms with van der Waals surface area (Å²) >= 11 is 6.46. The van der Waals surface area contributed by atoms with E-state index in [1.807, 2.05) is 50.0 Å². The number of hydrogen-bond donors (Lipinski definition) is 1. The molecule has 2 aliphatic rings. The number of halogens is 1. The first-order valence-corrected chi connectivity index (χ1v) is 15.5. The molecule has 45 heavy (non-hydrogen) atoms. The molecule has 1 aromatic heterocycles. The summed E-state index contributed by atoms with van der Waals surface area (Å²) in [5, 5.41) is 5.27. The molecule has 0 radical (unpaired) electrons. The van der Waals surface area contributed by atoms with Crippen LogP contribution >= 0.6 is 11.6 Å². The molecule has 1 aliphatic heterocycles. The van der Waals surface area contributed by atoms with E-state index in [9.17, 15) is 14.4 Å². The molecule has 0 bridgehead atoms. The highest BCUT2D eigenvalue weighted by molar-refractivity contribution is 6.35. The zero-order valence-electron chi connectivity index (χ0n) is 25.7. The molecule has 1 aliphatic carbocycles. The molecule has 234 valence electrons. The van der Waals surface area contributed by atoms with Crippen molar-refractivity contribution in [2.75, 3.05) is 37.8 Å². The van der Waals surface area contributed by atoms with Crippen molar-refractivity contribution in [3.63, 3.8) is 0 Å². The summed E-state index contributed by atoms with van der Waals surface area (Å²) in [7, 11) is 0. The van der Waals surface area contributed by atoms with Crippen molar-refractivity contribution in [1.29, 1.82) is 0 Å². The number of piperazine rings is 1. The molecule has 0 spiro atoms. The Morgan fingerprint density at radius 3 is 2.20 bits per heavy atom. The lowest BCUT2D eigenvalue weighted by Crippen LogP contribution is -2.57. The fraction of sp³-hybridized carbons (Fsp3) is 0.353. The van der Waals surface area contributed by atoms with Gasteiger partial charge in [0.15, 0.2) is 5.82 Å². The largest absolute Gasteiger partial charge is 0.449 e. The fourth-order valence-corrected chi connectivity index (χ4v) is 6.29. The van der Waals surface area contributed by atoms with Crippen LogP contribution in [0.3, 0.4) is 0 Å². The average Bonchev–Trinajstić information content (AvgIpc) is 3.32. The van der Waals surface area contributed by atoms with Gasteiger partial charge in [0.25, 0.3) is 5.56 Å². The molecule has 1 unspecified atom stereocenters. The molecule has 10 nitrogen and oxygen atoms in total. The zero-order chi connectivity index (χ0) is 31.9. The quantitative estimate of drug-likeness (QED) is 0.296. The van der Waals surface area contributed by atoms with Crippen molar-refractivity contribution in [2.45, 2.75) is 45.3 Å². The van der Waals surface area contributed by atoms with Gasteiger partial charge in [0.1, 0.15) is 12.2 Å². The fourth-order valence-electron chi connectivity index (χ4n) is 6.04. The smallest absolute Gasteiger partial charge is 0.410 e. The van der Waals surface area contributed by atoms with Gasteiger partial charge in [0, 0.05) is 19.0 Å². The van der Waals surface area contributed by atoms with E-state index in [1.165, 1.54) is 4.68 Å². The Labute approximate surface area is 266 Å². The molecule has 1 saturated heterocycles. The van der Waals surface area contributed by atoms with E-state index in [0.29, 0.717) is 37.5 Å². The Morgan fingerprint density at radius 1 is 0.956 bits per heavy atom. The summed E-state index contributed by atoms with van der Waals surface area (Å²) < 4.78 is 12.8. The standard InChI is InChI=1S/C34H36ClN5O5/c1-21(36-32(42)44-20-26-24-12-7-5-10-22(24)23-11-6-8-13-25(23)26)30-37-28-15-9-14-27(35)29(28)31(41)40(30)39-18-16-38(17-19-39)33(43)45-34(2,3)4/h5-15,21,26H,16-20H2,1-4H3,(H,36,42). The van der Waals surface area contributed by atoms with E-state index < -0.39 is 23.8 Å². The molecule has 4 aromatic rings. The first-order chi connectivity index (χ1) is 21.5. The number of aromatic nitrogens is 2. The molecule has 2 amide bonds. The molecular weight excluding hydrogens is 594 g/mol. The van der Waals surface area contributed by atoms with Crippen molar-refractivity contribution in [1.82, 2.24) is 19.9 Å². The second-order valence-corrected chi connectivity index (χ2v) is 12.7. The Kier molecular flexibility index (Phi) is 8.18. The van der Waals surface area contributed by atoms with Gasteiger partial charge < -0.3 is 24.7 Å². The van der Waals surface area contributed by atoms with E-state index in [4.69, 9.17) is 26.1 Å². The van der Waals surface area contributed by atoms with Gasteiger partial charge in [-0.3, -0.25) is 4.79 Å². The summed E-state index contributed by atoms with van der Waals surface area (Å²) in [6.07, 6.45) is -1.02. The van der Waals surface area contributed by atoms with E-state index in [0.717, 1.165) is 22.3 Å². The summed E-state index contributed by atoms with van der Waals surface area (Å²) in [5.74, 6) is 0.243. The van der Waals surface area contributed by atoms with E-state index in [-0.39, 0.29) is 28.5 Å². The number of fused-ring (bicyclic) bond motifs is 4. The van der Waals surface area contributed by atoms with E-state index in [1.54, 1.807) is 30.0 Å². The van der Waals surface area contributed by atoms with Gasteiger partial charge in [-0.05, 0) is 62.1 Å². The number of benzene rings is 3. The normalized spacial score (nSPS) is 15.4. The first kappa shape index (κ1) is 30.5. The molecule has 1 N–H and O–H groups in total. The Hall–Kier alpha value is -4.57. The van der Waals surface area contributed by atoms with Crippen molar-refractivity contribution in [3.05, 3.63) is 99.1 Å². The van der Waals surface area contributed by atoms with Crippen LogP contribution in [-0.4, -0.2) is 65.1 Å². The average molecular weight is 630 g/mol. The van der Waals surface area contributed by atoms with E-state index in [2.05, 4.69) is 29.6 Å². The van der Waals surface area contributed by atoms with Crippen LogP contribution in [0.4, 0.5) is 9.59 Å². The number of ether oxygens (including phenoxy) is 2. The van der Waals surface area contributed by atoms with Crippen LogP contribution in [-0.2, 0) is 9.47 Å². The molecule has 6 rings (SSSR count). The molecule has 0 saturated carbocycles. The minimum absolute atomic E-state index is 0.0844. The minimum Gasteiger partial charge on any atom is -0.449 e. The second kappa shape index (κ2) is 12.1. The van der Waals surface area contributed by atoms with Gasteiger partial charge >= 0.3 is 12.2 Å². The lowest BCUT2D eigenvalue weighted by Gasteiger charge is -2.38. The zero-order valence-corrected chi connectivity index (χ0v) is 26.5. The Balaban J connectivity index is 1.22. The summed E-state index contributed by atoms with van der Waals surface area (Å²) in [6.45, 7) is 8.76. The number of carbonyl (C=O) groups excluding carboxylic acids is 2. The number of nitrogens with zero attached hydrogens (tertiary/aromatic N) is 4. The van der Waals surface area contributed by atoms with Crippen LogP contribution in [0.2, 0.25) is 5.02 Å². The summed E-state index contributed by atoms with van der Waals surface area (Å²) in [5.41, 5.74) is 3.98. The van der Waals surface area contributed by atoms with Gasteiger partial charge in [-0.1, -0.05) is 66.2 Å². The van der Waals surface area contributed by atoms with Gasteiger partial charge in [0.05, 0.1) is 35.1 Å². The van der Waals surface area contributed by atoms with Gasteiger partial charge in [-0.2, -0.15) is 0 Å². The predicted octanol–water partition coefficient (Wildman–Crippen LogP) is 5.84. The number of hydrogen-bond acceptors (Lipinski definition) is 7. The highest BCUT2D eigenvalue weighted by Gasteiger charge is 2.31. The summed E-state index contributed by atoms with van der Waals surface area (Å²) in [4.78, 5) is 46.2. The van der Waals surface area contributed by atoms with E-state index >= 15 is 0 Å². The van der Waals surface area contributed by atoms with Crippen LogP contribution in [0.15, 0.2) is 71.5 Å². The maximum Gasteiger partial charge on any atom is 0.410 e. The third kappa shape index (κ3) is 6.07. The maximum absolute atomic E-state index is 13.9. The van der Waals surface area contributed by atoms with Crippen molar-refractivity contribution in [2.24, 2.45) is 0 Å². The monoisotopic (exact) mass is 629 g/mol. The van der Waals surface area contributed by atoms with Crippen LogP contribution in [0.5, 0.6) is 0 Å². The van der Waals surface area contributed by atoms with Crippen LogP contribution in [0.25, 0.3) is 22.0 Å². The SMILES string of the molecule is CC(NC(=O)OCC1c2ccccc2-c2ccccc21)c1nc2cccc(Cl)c2c(=O)n1N1CCN(C(=O)OC(C)(C)C)CC1. The number of carbonyl (C=O) groups is 2. The molecule has 11 heteroatoms. The summed E-state index contributed by atoms with van der Waals surface area (Å²) in [6, 6.07) is 20.7. The molecule has 3 aromatic carbocycles. The molecule has 2 heterocycles. The molecule has 1 atom stereocenters. The van der Waals surface area contributed by atoms with Crippen LogP contribution in [0, 0.1) is 0 Å². The van der Waals surface area contributed by atoms with Crippen molar-refractivity contribution < 1.29 is 19.1 Å². The first-order valence-electron chi connectivity index (χ1n) is 15.1. The van der Waals surface area contributed by atoms with Crippen LogP contribution < -0.4 is 15.9 Å². The van der Waals surface area contributed by atoms with Crippen molar-refractivity contribution in [3.8, 4) is 11.1 Å². The Bertz CT molecular complexity index is 1780. The minimum atomic E-state index is -0.694. The lowest BCUT2D eigenvalue weighted by molar-refractivity contribution is 0.0231. The van der Waals surface area contributed by atoms with Gasteiger partial charge in [0.2, 0.25) is 0 Å². The molecule has 1 fully saturated rings.